The fourth-order valence-corrected chi connectivity index (χ4v) is 7.08. The number of piperidine rings is 1. The number of hydrogen-bond acceptors (Lipinski definition) is 4. The molecule has 0 radical (unpaired) electrons. The molecule has 2 aliphatic heterocycles. The normalized spacial score (nSPS) is 16.5. The zero-order chi connectivity index (χ0) is 37.2. The number of carbonyl (C=O) groups is 2. The largest absolute Gasteiger partial charge is 0.416 e. The van der Waals surface area contributed by atoms with Gasteiger partial charge in [-0.25, -0.2) is 14.6 Å². The van der Waals surface area contributed by atoms with Crippen molar-refractivity contribution in [3.8, 4) is 0 Å². The minimum atomic E-state index is -5.02. The third kappa shape index (κ3) is 8.46. The van der Waals surface area contributed by atoms with Crippen LogP contribution in [0.2, 0.25) is 0 Å². The molecule has 9 nitrogen and oxygen atoms in total. The molecule has 1 atom stereocenters. The maximum absolute atomic E-state index is 13.9. The van der Waals surface area contributed by atoms with Gasteiger partial charge < -0.3 is 29.9 Å². The van der Waals surface area contributed by atoms with Crippen molar-refractivity contribution in [2.24, 2.45) is 0 Å². The predicted molar refractivity (Wildman–Crippen MR) is 185 cm³/mol. The van der Waals surface area contributed by atoms with Gasteiger partial charge in [0.25, 0.3) is 0 Å². The maximum Gasteiger partial charge on any atom is 0.416 e. The van der Waals surface area contributed by atoms with Gasteiger partial charge >= 0.3 is 24.4 Å². The first-order chi connectivity index (χ1) is 24.7. The number of urea groups is 2. The number of halogens is 6. The third-order valence-electron chi connectivity index (χ3n) is 9.70. The van der Waals surface area contributed by atoms with Crippen molar-refractivity contribution in [1.82, 2.24) is 29.6 Å². The van der Waals surface area contributed by atoms with Crippen LogP contribution in [-0.4, -0.2) is 82.6 Å². The molecule has 3 aromatic carbocycles. The minimum Gasteiger partial charge on any atom is -0.328 e. The highest BCUT2D eigenvalue weighted by Crippen LogP contribution is 2.37. The Morgan fingerprint density at radius 1 is 0.942 bits per heavy atom. The zero-order valence-corrected chi connectivity index (χ0v) is 28.9. The van der Waals surface area contributed by atoms with Gasteiger partial charge in [0.2, 0.25) is 0 Å². The number of benzene rings is 3. The lowest BCUT2D eigenvalue weighted by atomic mass is 9.98. The number of fused-ring (bicyclic) bond motifs is 2. The van der Waals surface area contributed by atoms with Gasteiger partial charge in [-0.1, -0.05) is 30.3 Å². The second kappa shape index (κ2) is 15.1. The number of carbonyl (C=O) groups excluding carboxylic acids is 2. The highest BCUT2D eigenvalue weighted by Gasteiger charge is 2.38. The first kappa shape index (κ1) is 37.0. The summed E-state index contributed by atoms with van der Waals surface area (Å²) in [6.45, 7) is 2.26. The van der Waals surface area contributed by atoms with E-state index in [2.05, 4.69) is 10.6 Å². The first-order valence-corrected chi connectivity index (χ1v) is 17.3. The summed E-state index contributed by atoms with van der Waals surface area (Å²) in [5.41, 5.74) is 0.0285. The van der Waals surface area contributed by atoms with E-state index in [-0.39, 0.29) is 30.1 Å². The Hall–Kier alpha value is -4.79. The average molecular weight is 730 g/mol. The molecule has 0 aliphatic carbocycles. The molecule has 4 amide bonds. The maximum atomic E-state index is 13.9. The first-order valence-electron chi connectivity index (χ1n) is 17.3. The van der Waals surface area contributed by atoms with E-state index in [0.717, 1.165) is 16.8 Å². The van der Waals surface area contributed by atoms with Crippen LogP contribution in [0.5, 0.6) is 0 Å². The fraction of sp³-hybridized carbons (Fsp3) is 0.432. The molecule has 0 spiro atoms. The topological polar surface area (TPSA) is 85.7 Å². The molecule has 2 N–H and O–H groups in total. The molecule has 3 heterocycles. The smallest absolute Gasteiger partial charge is 0.328 e. The van der Waals surface area contributed by atoms with E-state index in [0.29, 0.717) is 81.9 Å². The number of aromatic nitrogens is 2. The van der Waals surface area contributed by atoms with E-state index in [1.807, 2.05) is 60.0 Å². The second-order valence-electron chi connectivity index (χ2n) is 13.6. The molecule has 52 heavy (non-hydrogen) atoms. The van der Waals surface area contributed by atoms with Crippen LogP contribution in [0.15, 0.2) is 66.7 Å². The van der Waals surface area contributed by atoms with Gasteiger partial charge in [-0.15, -0.1) is 0 Å². The summed E-state index contributed by atoms with van der Waals surface area (Å²) >= 11 is 0. The Morgan fingerprint density at radius 3 is 2.27 bits per heavy atom. The molecular formula is C37H41F6N7O2. The highest BCUT2D eigenvalue weighted by molar-refractivity contribution is 5.91. The standard InChI is InChI=1S/C37H41F6N7O2/c1-47(2)15-7-16-50-32-11-6-5-10-30(32)44-33(50)31(22-24-20-26(36(38,39)40)23-27(21-24)37(41,42)43)46-34(51)48-17-13-28(14-18-48)49-19-12-25-8-3-4-9-29(25)45-35(49)52/h3-6,8-11,20-21,23,28,31H,7,12-19,22H2,1-2H3,(H,45,52)(H,46,51). The van der Waals surface area contributed by atoms with Crippen LogP contribution in [0.25, 0.3) is 11.0 Å². The van der Waals surface area contributed by atoms with Crippen LogP contribution in [-0.2, 0) is 31.7 Å². The van der Waals surface area contributed by atoms with Crippen LogP contribution in [0.3, 0.4) is 0 Å². The molecule has 1 unspecified atom stereocenters. The summed E-state index contributed by atoms with van der Waals surface area (Å²) < 4.78 is 85.0. The van der Waals surface area contributed by atoms with E-state index in [9.17, 15) is 35.9 Å². The summed E-state index contributed by atoms with van der Waals surface area (Å²) in [5, 5.41) is 5.91. The number of likely N-dealkylation sites (tertiary alicyclic amines) is 1. The molecule has 0 saturated carbocycles. The Kier molecular flexibility index (Phi) is 10.7. The second-order valence-corrected chi connectivity index (χ2v) is 13.6. The molecule has 2 aliphatic rings. The number of alkyl halides is 6. The summed E-state index contributed by atoms with van der Waals surface area (Å²) in [4.78, 5) is 37.2. The van der Waals surface area contributed by atoms with E-state index in [1.54, 1.807) is 21.9 Å². The number of nitrogens with zero attached hydrogens (tertiary/aromatic N) is 5. The van der Waals surface area contributed by atoms with E-state index < -0.39 is 35.6 Å². The Bertz CT molecular complexity index is 1870. The van der Waals surface area contributed by atoms with Crippen molar-refractivity contribution in [3.63, 3.8) is 0 Å². The van der Waals surface area contributed by atoms with Crippen molar-refractivity contribution in [2.75, 3.05) is 45.6 Å². The van der Waals surface area contributed by atoms with Gasteiger partial charge in [-0.05, 0) is 100 Å². The molecule has 4 aromatic rings. The lowest BCUT2D eigenvalue weighted by molar-refractivity contribution is -0.143. The number of amides is 4. The Morgan fingerprint density at radius 2 is 1.60 bits per heavy atom. The quantitative estimate of drug-likeness (QED) is 0.174. The van der Waals surface area contributed by atoms with Gasteiger partial charge in [0.1, 0.15) is 5.82 Å². The molecule has 0 bridgehead atoms. The van der Waals surface area contributed by atoms with E-state index >= 15 is 0 Å². The van der Waals surface area contributed by atoms with Gasteiger partial charge in [-0.2, -0.15) is 26.3 Å². The molecule has 1 saturated heterocycles. The van der Waals surface area contributed by atoms with E-state index in [4.69, 9.17) is 4.98 Å². The number of anilines is 1. The molecule has 278 valence electrons. The van der Waals surface area contributed by atoms with Crippen LogP contribution >= 0.6 is 0 Å². The van der Waals surface area contributed by atoms with Gasteiger partial charge in [-0.3, -0.25) is 0 Å². The molecule has 6 rings (SSSR count). The van der Waals surface area contributed by atoms with Crippen LogP contribution in [0.4, 0.5) is 41.6 Å². The molecule has 1 fully saturated rings. The number of rotatable bonds is 9. The summed E-state index contributed by atoms with van der Waals surface area (Å²) in [5.74, 6) is 0.329. The summed E-state index contributed by atoms with van der Waals surface area (Å²) in [6.07, 6.45) is -8.08. The van der Waals surface area contributed by atoms with Crippen LogP contribution in [0.1, 0.15) is 53.4 Å². The van der Waals surface area contributed by atoms with Crippen LogP contribution < -0.4 is 10.6 Å². The monoisotopic (exact) mass is 729 g/mol. The lowest BCUT2D eigenvalue weighted by Crippen LogP contribution is -2.52. The van der Waals surface area contributed by atoms with Crippen molar-refractivity contribution in [2.45, 2.75) is 63.1 Å². The van der Waals surface area contributed by atoms with Crippen molar-refractivity contribution in [1.29, 1.82) is 0 Å². The summed E-state index contributed by atoms with van der Waals surface area (Å²) in [6, 6.07) is 14.4. The molecular weight excluding hydrogens is 688 g/mol. The Balaban J connectivity index is 1.27. The number of aryl methyl sites for hydroxylation is 1. The highest BCUT2D eigenvalue weighted by atomic mass is 19.4. The van der Waals surface area contributed by atoms with Crippen molar-refractivity contribution < 1.29 is 35.9 Å². The number of nitrogens with one attached hydrogen (secondary N) is 2. The SMILES string of the molecule is CN(C)CCCn1c(C(Cc2cc(C(F)(F)F)cc(C(F)(F)F)c2)NC(=O)N2CCC(N3CCc4ccccc4NC3=O)CC2)nc2ccccc21. The lowest BCUT2D eigenvalue weighted by Gasteiger charge is -2.38. The predicted octanol–water partition coefficient (Wildman–Crippen LogP) is 7.57. The number of imidazole rings is 1. The van der Waals surface area contributed by atoms with Crippen molar-refractivity contribution >= 4 is 28.8 Å². The third-order valence-corrected chi connectivity index (χ3v) is 9.70. The van der Waals surface area contributed by atoms with Gasteiger partial charge in [0, 0.05) is 37.9 Å². The van der Waals surface area contributed by atoms with Crippen molar-refractivity contribution in [3.05, 3.63) is 94.8 Å². The minimum absolute atomic E-state index is 0.0982. The fourth-order valence-electron chi connectivity index (χ4n) is 7.08. The number of para-hydroxylation sites is 3. The molecule has 1 aromatic heterocycles. The van der Waals surface area contributed by atoms with E-state index in [1.165, 1.54) is 0 Å². The summed E-state index contributed by atoms with van der Waals surface area (Å²) in [7, 11) is 3.84. The van der Waals surface area contributed by atoms with Gasteiger partial charge in [0.15, 0.2) is 0 Å². The number of hydrogen-bond donors (Lipinski definition) is 2. The zero-order valence-electron chi connectivity index (χ0n) is 28.9. The Labute approximate surface area is 297 Å². The van der Waals surface area contributed by atoms with Crippen LogP contribution in [0, 0.1) is 0 Å². The van der Waals surface area contributed by atoms with Gasteiger partial charge in [0.05, 0.1) is 28.2 Å². The average Bonchev–Trinajstić information content (AvgIpc) is 3.37. The molecule has 15 heteroatoms.